The van der Waals surface area contributed by atoms with Gasteiger partial charge in [-0.15, -0.1) is 0 Å². The smallest absolute Gasteiger partial charge is 0.124 e. The molecule has 0 aromatic heterocycles. The van der Waals surface area contributed by atoms with E-state index in [1.54, 1.807) is 24.3 Å². The first-order chi connectivity index (χ1) is 8.56. The average molecular weight is 264 g/mol. The maximum Gasteiger partial charge on any atom is 0.124 e. The van der Waals surface area contributed by atoms with E-state index in [1.807, 2.05) is 19.1 Å². The van der Waals surface area contributed by atoms with Crippen molar-refractivity contribution in [3.63, 3.8) is 0 Å². The topological polar surface area (TPSA) is 52.5 Å². The fraction of sp³-hybridized carbons (Fsp3) is 0.143. The highest BCUT2D eigenvalue weighted by atomic mass is 35.5. The number of phenols is 2. The lowest BCUT2D eigenvalue weighted by molar-refractivity contribution is 0.444. The van der Waals surface area contributed by atoms with E-state index in [2.05, 4.69) is 5.32 Å². The van der Waals surface area contributed by atoms with Gasteiger partial charge in [0.2, 0.25) is 0 Å². The molecule has 0 bridgehead atoms. The van der Waals surface area contributed by atoms with E-state index < -0.39 is 0 Å². The second-order valence-electron chi connectivity index (χ2n) is 4.12. The second-order valence-corrected chi connectivity index (χ2v) is 4.55. The number of halogens is 1. The fourth-order valence-electron chi connectivity index (χ4n) is 1.77. The number of benzene rings is 2. The van der Waals surface area contributed by atoms with E-state index in [9.17, 15) is 10.2 Å². The van der Waals surface area contributed by atoms with Crippen LogP contribution in [0.2, 0.25) is 5.02 Å². The fourth-order valence-corrected chi connectivity index (χ4v) is 1.90. The summed E-state index contributed by atoms with van der Waals surface area (Å²) < 4.78 is 0. The molecule has 0 spiro atoms. The number of rotatable bonds is 3. The van der Waals surface area contributed by atoms with E-state index in [4.69, 9.17) is 11.6 Å². The van der Waals surface area contributed by atoms with Gasteiger partial charge < -0.3 is 15.5 Å². The predicted molar refractivity (Wildman–Crippen MR) is 73.3 cm³/mol. The van der Waals surface area contributed by atoms with Crippen LogP contribution in [0.3, 0.4) is 0 Å². The summed E-state index contributed by atoms with van der Waals surface area (Å²) in [6.07, 6.45) is 0. The molecule has 0 fully saturated rings. The molecule has 0 radical (unpaired) electrons. The Morgan fingerprint density at radius 3 is 2.33 bits per heavy atom. The van der Waals surface area contributed by atoms with Crippen LogP contribution in [-0.2, 0) is 0 Å². The summed E-state index contributed by atoms with van der Waals surface area (Å²) in [5.74, 6) is 0.124. The van der Waals surface area contributed by atoms with Crippen molar-refractivity contribution in [1.82, 2.24) is 0 Å². The van der Waals surface area contributed by atoms with Gasteiger partial charge in [0.1, 0.15) is 11.5 Å². The molecule has 2 aromatic rings. The number of nitrogens with one attached hydrogen (secondary N) is 1. The summed E-state index contributed by atoms with van der Waals surface area (Å²) in [6, 6.07) is 11.8. The maximum absolute atomic E-state index is 9.76. The summed E-state index contributed by atoms with van der Waals surface area (Å²) in [5, 5.41) is 22.9. The number of phenolic OH excluding ortho intramolecular Hbond substituents is 2. The molecule has 0 heterocycles. The summed E-state index contributed by atoms with van der Waals surface area (Å²) in [4.78, 5) is 0. The highest BCUT2D eigenvalue weighted by Gasteiger charge is 2.10. The van der Waals surface area contributed by atoms with Gasteiger partial charge in [0.15, 0.2) is 0 Å². The first-order valence-electron chi connectivity index (χ1n) is 5.60. The summed E-state index contributed by atoms with van der Waals surface area (Å²) >= 11 is 5.81. The third kappa shape index (κ3) is 2.87. The Kier molecular flexibility index (Phi) is 3.63. The molecule has 0 amide bonds. The minimum Gasteiger partial charge on any atom is -0.508 e. The predicted octanol–water partition coefficient (Wildman–Crippen LogP) is 3.92. The van der Waals surface area contributed by atoms with Crippen LogP contribution in [0.5, 0.6) is 11.5 Å². The van der Waals surface area contributed by atoms with Crippen LogP contribution >= 0.6 is 11.6 Å². The Hall–Kier alpha value is -1.87. The van der Waals surface area contributed by atoms with Crippen molar-refractivity contribution in [2.75, 3.05) is 5.32 Å². The van der Waals surface area contributed by atoms with Crippen molar-refractivity contribution in [2.45, 2.75) is 13.0 Å². The van der Waals surface area contributed by atoms with Gasteiger partial charge in [-0.25, -0.2) is 0 Å². The molecular formula is C14H14ClNO2. The summed E-state index contributed by atoms with van der Waals surface area (Å²) in [5.41, 5.74) is 1.64. The quantitative estimate of drug-likeness (QED) is 0.787. The van der Waals surface area contributed by atoms with Gasteiger partial charge in [0, 0.05) is 22.3 Å². The SMILES string of the molecule is CC(Nc1ccc(Cl)cc1)c1ccc(O)cc1O. The lowest BCUT2D eigenvalue weighted by Gasteiger charge is -2.17. The van der Waals surface area contributed by atoms with Crippen molar-refractivity contribution < 1.29 is 10.2 Å². The van der Waals surface area contributed by atoms with Crippen molar-refractivity contribution in [3.8, 4) is 11.5 Å². The Balaban J connectivity index is 2.16. The normalized spacial score (nSPS) is 12.1. The van der Waals surface area contributed by atoms with Crippen molar-refractivity contribution in [1.29, 1.82) is 0 Å². The van der Waals surface area contributed by atoms with Crippen LogP contribution in [0, 0.1) is 0 Å². The first-order valence-corrected chi connectivity index (χ1v) is 5.98. The van der Waals surface area contributed by atoms with Crippen LogP contribution < -0.4 is 5.32 Å². The Morgan fingerprint density at radius 1 is 1.06 bits per heavy atom. The summed E-state index contributed by atoms with van der Waals surface area (Å²) in [7, 11) is 0. The molecule has 0 aliphatic rings. The highest BCUT2D eigenvalue weighted by Crippen LogP contribution is 2.30. The lowest BCUT2D eigenvalue weighted by atomic mass is 10.1. The molecule has 4 heteroatoms. The monoisotopic (exact) mass is 263 g/mol. The molecule has 0 aliphatic heterocycles. The maximum atomic E-state index is 9.76. The molecule has 0 aliphatic carbocycles. The van der Waals surface area contributed by atoms with E-state index in [0.29, 0.717) is 5.02 Å². The molecule has 1 unspecified atom stereocenters. The van der Waals surface area contributed by atoms with Crippen LogP contribution in [0.4, 0.5) is 5.69 Å². The zero-order valence-corrected chi connectivity index (χ0v) is 10.6. The van der Waals surface area contributed by atoms with Crippen LogP contribution in [0.1, 0.15) is 18.5 Å². The largest absolute Gasteiger partial charge is 0.508 e. The van der Waals surface area contributed by atoms with Crippen LogP contribution in [-0.4, -0.2) is 10.2 Å². The molecule has 0 saturated heterocycles. The van der Waals surface area contributed by atoms with Gasteiger partial charge in [0.05, 0.1) is 6.04 Å². The number of anilines is 1. The molecule has 18 heavy (non-hydrogen) atoms. The molecule has 3 N–H and O–H groups in total. The van der Waals surface area contributed by atoms with E-state index in [1.165, 1.54) is 6.07 Å². The second kappa shape index (κ2) is 5.19. The Bertz CT molecular complexity index is 540. The molecule has 3 nitrogen and oxygen atoms in total. The first kappa shape index (κ1) is 12.6. The Morgan fingerprint density at radius 2 is 1.72 bits per heavy atom. The molecule has 94 valence electrons. The van der Waals surface area contributed by atoms with Crippen LogP contribution in [0.15, 0.2) is 42.5 Å². The van der Waals surface area contributed by atoms with Crippen molar-refractivity contribution >= 4 is 17.3 Å². The van der Waals surface area contributed by atoms with E-state index in [0.717, 1.165) is 11.3 Å². The molecular weight excluding hydrogens is 250 g/mol. The number of hydrogen-bond acceptors (Lipinski definition) is 3. The minimum absolute atomic E-state index is 0.0509. The highest BCUT2D eigenvalue weighted by molar-refractivity contribution is 6.30. The number of hydrogen-bond donors (Lipinski definition) is 3. The van der Waals surface area contributed by atoms with Gasteiger partial charge in [-0.1, -0.05) is 11.6 Å². The third-order valence-corrected chi connectivity index (χ3v) is 2.96. The third-order valence-electron chi connectivity index (χ3n) is 2.71. The van der Waals surface area contributed by atoms with Gasteiger partial charge in [-0.05, 0) is 43.3 Å². The lowest BCUT2D eigenvalue weighted by Crippen LogP contribution is -2.06. The van der Waals surface area contributed by atoms with E-state index in [-0.39, 0.29) is 17.5 Å². The van der Waals surface area contributed by atoms with Gasteiger partial charge in [0.25, 0.3) is 0 Å². The molecule has 2 rings (SSSR count). The molecule has 0 saturated carbocycles. The number of aromatic hydroxyl groups is 2. The molecule has 2 aromatic carbocycles. The van der Waals surface area contributed by atoms with Crippen molar-refractivity contribution in [2.24, 2.45) is 0 Å². The standard InChI is InChI=1S/C14H14ClNO2/c1-9(13-7-6-12(17)8-14(13)18)16-11-4-2-10(15)3-5-11/h2-9,16-18H,1H3. The summed E-state index contributed by atoms with van der Waals surface area (Å²) in [6.45, 7) is 1.93. The van der Waals surface area contributed by atoms with Gasteiger partial charge in [-0.3, -0.25) is 0 Å². The minimum atomic E-state index is -0.0771. The Labute approximate surface area is 111 Å². The van der Waals surface area contributed by atoms with Gasteiger partial charge >= 0.3 is 0 Å². The van der Waals surface area contributed by atoms with Gasteiger partial charge in [-0.2, -0.15) is 0 Å². The zero-order chi connectivity index (χ0) is 13.1. The molecule has 1 atom stereocenters. The zero-order valence-electron chi connectivity index (χ0n) is 9.89. The van der Waals surface area contributed by atoms with Crippen LogP contribution in [0.25, 0.3) is 0 Å². The van der Waals surface area contributed by atoms with Crippen molar-refractivity contribution in [3.05, 3.63) is 53.1 Å². The average Bonchev–Trinajstić information content (AvgIpc) is 2.32. The van der Waals surface area contributed by atoms with E-state index >= 15 is 0 Å².